The van der Waals surface area contributed by atoms with Crippen LogP contribution in [0.15, 0.2) is 30.3 Å². The summed E-state index contributed by atoms with van der Waals surface area (Å²) < 4.78 is 29.0. The fourth-order valence-electron chi connectivity index (χ4n) is 2.10. The Kier molecular flexibility index (Phi) is 3.00. The molecule has 0 amide bonds. The van der Waals surface area contributed by atoms with E-state index in [4.69, 9.17) is 22.6 Å². The Bertz CT molecular complexity index is 911. The van der Waals surface area contributed by atoms with Crippen molar-refractivity contribution in [3.63, 3.8) is 0 Å². The van der Waals surface area contributed by atoms with Gasteiger partial charge < -0.3 is 5.73 Å². The molecule has 1 aromatic heterocycles. The average Bonchev–Trinajstić information content (AvgIpc) is 2.75. The number of nitriles is 1. The average molecular weight is 305 g/mol. The van der Waals surface area contributed by atoms with E-state index in [1.807, 2.05) is 6.07 Å². The van der Waals surface area contributed by atoms with E-state index in [1.54, 1.807) is 0 Å². The van der Waals surface area contributed by atoms with Crippen molar-refractivity contribution in [3.05, 3.63) is 52.6 Å². The summed E-state index contributed by atoms with van der Waals surface area (Å²) in [4.78, 5) is 4.03. The Morgan fingerprint density at radius 2 is 1.95 bits per heavy atom. The molecule has 1 heterocycles. The molecule has 0 bridgehead atoms. The van der Waals surface area contributed by atoms with Crippen LogP contribution in [0.4, 0.5) is 14.7 Å². The van der Waals surface area contributed by atoms with Crippen LogP contribution in [0, 0.1) is 23.0 Å². The third-order valence-electron chi connectivity index (χ3n) is 3.04. The number of aromatic nitrogens is 2. The first-order chi connectivity index (χ1) is 10.0. The second-order valence-electron chi connectivity index (χ2n) is 4.34. The zero-order chi connectivity index (χ0) is 15.1. The van der Waals surface area contributed by atoms with E-state index >= 15 is 0 Å². The van der Waals surface area contributed by atoms with E-state index in [1.165, 1.54) is 22.8 Å². The van der Waals surface area contributed by atoms with Gasteiger partial charge in [-0.1, -0.05) is 11.6 Å². The Morgan fingerprint density at radius 1 is 1.19 bits per heavy atom. The third kappa shape index (κ3) is 2.08. The molecule has 0 aliphatic rings. The molecule has 2 N–H and O–H groups in total. The first-order valence-electron chi connectivity index (χ1n) is 5.84. The number of nitrogens with two attached hydrogens (primary N) is 1. The van der Waals surface area contributed by atoms with Gasteiger partial charge in [-0.05, 0) is 24.3 Å². The molecule has 2 aromatic carbocycles. The van der Waals surface area contributed by atoms with Crippen LogP contribution in [0.2, 0.25) is 5.02 Å². The topological polar surface area (TPSA) is 67.6 Å². The first-order valence-corrected chi connectivity index (χ1v) is 6.22. The second kappa shape index (κ2) is 4.72. The molecule has 0 unspecified atom stereocenters. The minimum atomic E-state index is -0.657. The molecule has 0 atom stereocenters. The van der Waals surface area contributed by atoms with Crippen molar-refractivity contribution in [2.45, 2.75) is 0 Å². The number of hydrogen-bond acceptors (Lipinski definition) is 3. The van der Waals surface area contributed by atoms with E-state index in [0.29, 0.717) is 5.52 Å². The number of anilines is 1. The summed E-state index contributed by atoms with van der Waals surface area (Å²) in [6, 6.07) is 8.20. The van der Waals surface area contributed by atoms with Crippen LogP contribution >= 0.6 is 11.6 Å². The van der Waals surface area contributed by atoms with E-state index in [9.17, 15) is 8.78 Å². The lowest BCUT2D eigenvalue weighted by molar-refractivity contribution is 0.618. The van der Waals surface area contributed by atoms with Gasteiger partial charge in [-0.3, -0.25) is 4.57 Å². The molecule has 0 aliphatic heterocycles. The summed E-state index contributed by atoms with van der Waals surface area (Å²) in [5, 5.41) is 8.66. The SMILES string of the molecule is N#Cc1ccc(-n2c(N)nc3cc(Cl)c(F)cc32)c(F)c1. The Balaban J connectivity index is 2.32. The summed E-state index contributed by atoms with van der Waals surface area (Å²) in [7, 11) is 0. The number of fused-ring (bicyclic) bond motifs is 1. The summed E-state index contributed by atoms with van der Waals surface area (Å²) in [6.07, 6.45) is 0. The predicted octanol–water partition coefficient (Wildman–Crippen LogP) is 3.41. The number of nitrogen functional groups attached to an aromatic ring is 1. The molecule has 0 saturated carbocycles. The number of benzene rings is 2. The van der Waals surface area contributed by atoms with Crippen molar-refractivity contribution in [3.8, 4) is 11.8 Å². The van der Waals surface area contributed by atoms with Gasteiger partial charge in [0.25, 0.3) is 0 Å². The summed E-state index contributed by atoms with van der Waals surface area (Å²) in [5.41, 5.74) is 6.67. The summed E-state index contributed by atoms with van der Waals surface area (Å²) in [5.74, 6) is -1.31. The molecule has 3 rings (SSSR count). The van der Waals surface area contributed by atoms with Gasteiger partial charge in [-0.2, -0.15) is 5.26 Å². The standard InChI is InChI=1S/C14H7ClF2N4/c15-8-4-11-13(5-9(8)16)21(14(19)20-11)12-2-1-7(6-18)3-10(12)17/h1-5H,(H2,19,20). The molecule has 21 heavy (non-hydrogen) atoms. The quantitative estimate of drug-likeness (QED) is 0.749. The highest BCUT2D eigenvalue weighted by Gasteiger charge is 2.16. The highest BCUT2D eigenvalue weighted by Crippen LogP contribution is 2.28. The Morgan fingerprint density at radius 3 is 2.62 bits per heavy atom. The molecule has 3 aromatic rings. The van der Waals surface area contributed by atoms with Crippen molar-refractivity contribution in [1.82, 2.24) is 9.55 Å². The van der Waals surface area contributed by atoms with Gasteiger partial charge in [0.2, 0.25) is 5.95 Å². The van der Waals surface area contributed by atoms with Gasteiger partial charge in [-0.15, -0.1) is 0 Å². The zero-order valence-corrected chi connectivity index (χ0v) is 11.2. The van der Waals surface area contributed by atoms with Gasteiger partial charge in [-0.25, -0.2) is 13.8 Å². The minimum Gasteiger partial charge on any atom is -0.369 e. The molecule has 0 aliphatic carbocycles. The highest BCUT2D eigenvalue weighted by molar-refractivity contribution is 6.31. The molecular formula is C14H7ClF2N4. The lowest BCUT2D eigenvalue weighted by Gasteiger charge is -2.08. The number of hydrogen-bond donors (Lipinski definition) is 1. The van der Waals surface area contributed by atoms with Crippen molar-refractivity contribution in [2.75, 3.05) is 5.73 Å². The van der Waals surface area contributed by atoms with Gasteiger partial charge in [0.05, 0.1) is 33.4 Å². The lowest BCUT2D eigenvalue weighted by Crippen LogP contribution is -2.03. The number of halogens is 3. The van der Waals surface area contributed by atoms with Gasteiger partial charge in [0, 0.05) is 6.07 Å². The van der Waals surface area contributed by atoms with Crippen molar-refractivity contribution >= 4 is 28.6 Å². The van der Waals surface area contributed by atoms with Crippen LogP contribution in [0.5, 0.6) is 0 Å². The van der Waals surface area contributed by atoms with Crippen LogP contribution in [-0.4, -0.2) is 9.55 Å². The highest BCUT2D eigenvalue weighted by atomic mass is 35.5. The van der Waals surface area contributed by atoms with E-state index in [2.05, 4.69) is 4.98 Å². The van der Waals surface area contributed by atoms with Crippen LogP contribution < -0.4 is 5.73 Å². The second-order valence-corrected chi connectivity index (χ2v) is 4.75. The number of imidazole rings is 1. The molecule has 0 radical (unpaired) electrons. The molecule has 0 spiro atoms. The largest absolute Gasteiger partial charge is 0.369 e. The van der Waals surface area contributed by atoms with E-state index in [0.717, 1.165) is 12.1 Å². The van der Waals surface area contributed by atoms with Gasteiger partial charge in [0.15, 0.2) is 0 Å². The maximum atomic E-state index is 14.1. The van der Waals surface area contributed by atoms with Crippen LogP contribution in [0.3, 0.4) is 0 Å². The molecule has 4 nitrogen and oxygen atoms in total. The number of nitrogens with zero attached hydrogens (tertiary/aromatic N) is 3. The minimum absolute atomic E-state index is 0.00438. The van der Waals surface area contributed by atoms with Crippen molar-refractivity contribution in [1.29, 1.82) is 5.26 Å². The van der Waals surface area contributed by atoms with Crippen LogP contribution in [0.1, 0.15) is 5.56 Å². The maximum absolute atomic E-state index is 14.1. The van der Waals surface area contributed by atoms with Gasteiger partial charge in [0.1, 0.15) is 11.6 Å². The smallest absolute Gasteiger partial charge is 0.206 e. The Hall–Kier alpha value is -2.65. The molecular weight excluding hydrogens is 298 g/mol. The monoisotopic (exact) mass is 304 g/mol. The fraction of sp³-hybridized carbons (Fsp3) is 0. The van der Waals surface area contributed by atoms with Gasteiger partial charge >= 0.3 is 0 Å². The van der Waals surface area contributed by atoms with Crippen molar-refractivity contribution in [2.24, 2.45) is 0 Å². The summed E-state index contributed by atoms with van der Waals surface area (Å²) >= 11 is 5.69. The molecule has 104 valence electrons. The van der Waals surface area contributed by atoms with Crippen LogP contribution in [0.25, 0.3) is 16.7 Å². The Labute approximate surface area is 123 Å². The zero-order valence-electron chi connectivity index (χ0n) is 10.4. The molecule has 7 heteroatoms. The number of rotatable bonds is 1. The van der Waals surface area contributed by atoms with Crippen LogP contribution in [-0.2, 0) is 0 Å². The third-order valence-corrected chi connectivity index (χ3v) is 3.33. The summed E-state index contributed by atoms with van der Waals surface area (Å²) in [6.45, 7) is 0. The molecule has 0 fully saturated rings. The van der Waals surface area contributed by atoms with E-state index < -0.39 is 11.6 Å². The predicted molar refractivity (Wildman–Crippen MR) is 75.1 cm³/mol. The van der Waals surface area contributed by atoms with Crippen molar-refractivity contribution < 1.29 is 8.78 Å². The maximum Gasteiger partial charge on any atom is 0.206 e. The lowest BCUT2D eigenvalue weighted by atomic mass is 10.2. The van der Waals surface area contributed by atoms with E-state index in [-0.39, 0.29) is 27.7 Å². The molecule has 0 saturated heterocycles. The first kappa shape index (κ1) is 13.3. The fourth-order valence-corrected chi connectivity index (χ4v) is 2.26. The normalized spacial score (nSPS) is 10.8.